The van der Waals surface area contributed by atoms with Gasteiger partial charge in [0.1, 0.15) is 0 Å². The Morgan fingerprint density at radius 3 is 3.08 bits per heavy atom. The number of nitrogens with zero attached hydrogens (tertiary/aromatic N) is 2. The van der Waals surface area contributed by atoms with E-state index in [9.17, 15) is 10.3 Å². The van der Waals surface area contributed by atoms with E-state index >= 15 is 0 Å². The van der Waals surface area contributed by atoms with Crippen LogP contribution in [0.1, 0.15) is 0 Å². The molecule has 2 unspecified atom stereocenters. The van der Waals surface area contributed by atoms with Crippen molar-refractivity contribution in [2.75, 3.05) is 0 Å². The van der Waals surface area contributed by atoms with Gasteiger partial charge in [-0.05, 0) is 13.0 Å². The maximum atomic E-state index is 9.44. The van der Waals surface area contributed by atoms with Crippen LogP contribution in [0.5, 0.6) is 0 Å². The summed E-state index contributed by atoms with van der Waals surface area (Å²) in [5.74, 6) is 0. The fourth-order valence-electron chi connectivity index (χ4n) is 1.27. The van der Waals surface area contributed by atoms with Crippen LogP contribution in [-0.2, 0) is 0 Å². The Kier molecular flexibility index (Phi) is 1.52. The lowest BCUT2D eigenvalue weighted by Gasteiger charge is -2.32. The molecule has 2 rings (SSSR count). The summed E-state index contributed by atoms with van der Waals surface area (Å²) in [6.07, 6.45) is 4.02. The van der Waals surface area contributed by atoms with Crippen molar-refractivity contribution in [1.29, 1.82) is 0 Å². The Bertz CT molecular complexity index is 293. The van der Waals surface area contributed by atoms with Crippen molar-refractivity contribution >= 4 is 6.21 Å². The van der Waals surface area contributed by atoms with Crippen LogP contribution in [-0.4, -0.2) is 33.7 Å². The van der Waals surface area contributed by atoms with Crippen molar-refractivity contribution in [3.8, 4) is 0 Å². The maximum absolute atomic E-state index is 9.44. The number of hydrogen-bond acceptors (Lipinski definition) is 4. The van der Waals surface area contributed by atoms with E-state index in [1.54, 1.807) is 12.3 Å². The van der Waals surface area contributed by atoms with Crippen LogP contribution in [0.3, 0.4) is 0 Å². The second-order valence-electron chi connectivity index (χ2n) is 2.82. The zero-order chi connectivity index (χ0) is 8.72. The first-order valence-electron chi connectivity index (χ1n) is 3.65. The quantitative estimate of drug-likeness (QED) is 0.535. The highest BCUT2D eigenvalue weighted by atomic mass is 16.5. The first kappa shape index (κ1) is 7.52. The smallest absolute Gasteiger partial charge is 0.0959 e. The minimum atomic E-state index is -0.744. The number of aliphatic hydroxyl groups excluding tert-OH is 1. The Labute approximate surface area is 70.1 Å². The largest absolute Gasteiger partial charge is 0.387 e. The fourth-order valence-corrected chi connectivity index (χ4v) is 1.27. The van der Waals surface area contributed by atoms with Crippen LogP contribution >= 0.6 is 0 Å². The molecule has 4 heteroatoms. The summed E-state index contributed by atoms with van der Waals surface area (Å²) in [4.78, 5) is 3.85. The van der Waals surface area contributed by atoms with E-state index in [0.29, 0.717) is 5.70 Å². The molecule has 0 aliphatic carbocycles. The highest BCUT2D eigenvalue weighted by Gasteiger charge is 2.29. The van der Waals surface area contributed by atoms with E-state index in [1.807, 2.05) is 0 Å². The number of fused-ring (bicyclic) bond motifs is 1. The van der Waals surface area contributed by atoms with Gasteiger partial charge in [-0.3, -0.25) is 10.2 Å². The average molecular weight is 165 g/mol. The Balaban J connectivity index is 2.40. The summed E-state index contributed by atoms with van der Waals surface area (Å²) in [6.45, 7) is 3.60. The highest BCUT2D eigenvalue weighted by Crippen LogP contribution is 2.26. The number of rotatable bonds is 0. The van der Waals surface area contributed by atoms with Crippen molar-refractivity contribution < 1.29 is 10.3 Å². The van der Waals surface area contributed by atoms with Crippen molar-refractivity contribution in [3.63, 3.8) is 0 Å². The third-order valence-corrected chi connectivity index (χ3v) is 2.01. The molecule has 0 fully saturated rings. The van der Waals surface area contributed by atoms with Gasteiger partial charge in [0.25, 0.3) is 0 Å². The van der Waals surface area contributed by atoms with Crippen molar-refractivity contribution in [2.45, 2.75) is 12.1 Å². The average Bonchev–Trinajstić information content (AvgIpc) is 2.48. The minimum absolute atomic E-state index is 0.554. The number of aliphatic hydroxyl groups is 1. The highest BCUT2D eigenvalue weighted by molar-refractivity contribution is 5.88. The second kappa shape index (κ2) is 2.43. The van der Waals surface area contributed by atoms with E-state index < -0.39 is 12.1 Å². The van der Waals surface area contributed by atoms with E-state index in [2.05, 4.69) is 11.9 Å². The normalized spacial score (nSPS) is 33.1. The molecule has 2 aliphatic heterocycles. The molecular formula is C8H9N2O2. The molecule has 63 valence electrons. The summed E-state index contributed by atoms with van der Waals surface area (Å²) in [7, 11) is 0. The monoisotopic (exact) mass is 165 g/mol. The van der Waals surface area contributed by atoms with Gasteiger partial charge >= 0.3 is 0 Å². The van der Waals surface area contributed by atoms with Crippen LogP contribution in [0.4, 0.5) is 0 Å². The van der Waals surface area contributed by atoms with E-state index in [0.717, 1.165) is 10.6 Å². The molecular weight excluding hydrogens is 156 g/mol. The lowest BCUT2D eigenvalue weighted by Crippen LogP contribution is -2.41. The van der Waals surface area contributed by atoms with Crippen molar-refractivity contribution in [1.82, 2.24) is 5.06 Å². The molecule has 1 radical (unpaired) electrons. The van der Waals surface area contributed by atoms with Gasteiger partial charge in [0.15, 0.2) is 0 Å². The van der Waals surface area contributed by atoms with Crippen LogP contribution in [0.15, 0.2) is 28.5 Å². The minimum Gasteiger partial charge on any atom is -0.387 e. The number of hydroxylamine groups is 2. The SMILES string of the molecule is [CH2]C1C(O)C=C2C=NC=C2N1O. The Hall–Kier alpha value is -1.13. The molecule has 0 bridgehead atoms. The molecule has 2 heterocycles. The summed E-state index contributed by atoms with van der Waals surface area (Å²) < 4.78 is 0. The zero-order valence-corrected chi connectivity index (χ0v) is 6.38. The first-order valence-corrected chi connectivity index (χ1v) is 3.65. The van der Waals surface area contributed by atoms with Gasteiger partial charge < -0.3 is 5.11 Å². The van der Waals surface area contributed by atoms with Gasteiger partial charge in [-0.25, -0.2) is 5.06 Å². The first-order chi connectivity index (χ1) is 5.70. The second-order valence-corrected chi connectivity index (χ2v) is 2.82. The zero-order valence-electron chi connectivity index (χ0n) is 6.38. The molecule has 12 heavy (non-hydrogen) atoms. The molecule has 2 N–H and O–H groups in total. The molecule has 0 saturated carbocycles. The summed E-state index contributed by atoms with van der Waals surface area (Å²) in [5.41, 5.74) is 1.34. The molecule has 0 amide bonds. The molecule has 0 aromatic rings. The fraction of sp³-hybridized carbons (Fsp3) is 0.250. The third-order valence-electron chi connectivity index (χ3n) is 2.01. The maximum Gasteiger partial charge on any atom is 0.0959 e. The van der Waals surface area contributed by atoms with Crippen molar-refractivity contribution in [2.24, 2.45) is 4.99 Å². The van der Waals surface area contributed by atoms with Crippen LogP contribution < -0.4 is 0 Å². The molecule has 2 atom stereocenters. The molecule has 0 aromatic heterocycles. The topological polar surface area (TPSA) is 56.1 Å². The summed E-state index contributed by atoms with van der Waals surface area (Å²) in [6, 6.07) is -0.554. The number of aliphatic imine (C=N–C) groups is 1. The van der Waals surface area contributed by atoms with Gasteiger partial charge in [-0.15, -0.1) is 0 Å². The lowest BCUT2D eigenvalue weighted by atomic mass is 10.0. The van der Waals surface area contributed by atoms with E-state index in [1.165, 1.54) is 6.20 Å². The van der Waals surface area contributed by atoms with E-state index in [4.69, 9.17) is 0 Å². The molecule has 4 nitrogen and oxygen atoms in total. The predicted molar refractivity (Wildman–Crippen MR) is 43.4 cm³/mol. The lowest BCUT2D eigenvalue weighted by molar-refractivity contribution is -0.104. The van der Waals surface area contributed by atoms with Gasteiger partial charge in [-0.2, -0.15) is 0 Å². The Morgan fingerprint density at radius 2 is 2.33 bits per heavy atom. The van der Waals surface area contributed by atoms with Crippen LogP contribution in [0.2, 0.25) is 0 Å². The third kappa shape index (κ3) is 0.888. The number of allylic oxidation sites excluding steroid dienone is 1. The summed E-state index contributed by atoms with van der Waals surface area (Å²) in [5, 5.41) is 19.7. The molecule has 0 spiro atoms. The summed E-state index contributed by atoms with van der Waals surface area (Å²) >= 11 is 0. The van der Waals surface area contributed by atoms with Crippen LogP contribution in [0.25, 0.3) is 0 Å². The predicted octanol–water partition coefficient (Wildman–Crippen LogP) is 0.107. The van der Waals surface area contributed by atoms with Crippen molar-refractivity contribution in [3.05, 3.63) is 30.5 Å². The van der Waals surface area contributed by atoms with Gasteiger partial charge in [0, 0.05) is 11.8 Å². The number of hydrogen-bond donors (Lipinski definition) is 2. The van der Waals surface area contributed by atoms with Gasteiger partial charge in [0.2, 0.25) is 0 Å². The molecule has 0 aromatic carbocycles. The standard InChI is InChI=1S/C8H9N2O2/c1-5-8(11)2-6-3-9-4-7(6)10(5)12/h2-5,8,11-12H,1H2. The van der Waals surface area contributed by atoms with Crippen LogP contribution in [0, 0.1) is 6.92 Å². The molecule has 0 saturated heterocycles. The Morgan fingerprint density at radius 1 is 1.58 bits per heavy atom. The van der Waals surface area contributed by atoms with E-state index in [-0.39, 0.29) is 0 Å². The van der Waals surface area contributed by atoms with Gasteiger partial charge in [0.05, 0.1) is 24.0 Å². The van der Waals surface area contributed by atoms with Gasteiger partial charge in [-0.1, -0.05) is 0 Å². The molecule has 2 aliphatic rings.